The Balaban J connectivity index is 1.64. The van der Waals surface area contributed by atoms with Crippen molar-refractivity contribution in [1.82, 2.24) is 14.5 Å². The Morgan fingerprint density at radius 2 is 1.59 bits per heavy atom. The number of rotatable bonds is 4. The number of benzene rings is 3. The van der Waals surface area contributed by atoms with Crippen LogP contribution in [0.1, 0.15) is 16.2 Å². The van der Waals surface area contributed by atoms with E-state index in [0.717, 1.165) is 28.0 Å². The van der Waals surface area contributed by atoms with Crippen molar-refractivity contribution in [2.45, 2.75) is 6.54 Å². The molecule has 0 N–H and O–H groups in total. The molecule has 3 aromatic carbocycles. The molecule has 1 amide bonds. The van der Waals surface area contributed by atoms with Gasteiger partial charge in [0.15, 0.2) is 0 Å². The maximum atomic E-state index is 13.2. The summed E-state index contributed by atoms with van der Waals surface area (Å²) in [6, 6.07) is 25.8. The highest BCUT2D eigenvalue weighted by atomic mass is 16.2. The first-order valence-electron chi connectivity index (χ1n) is 8.95. The molecule has 0 aliphatic carbocycles. The fourth-order valence-corrected chi connectivity index (χ4v) is 3.37. The van der Waals surface area contributed by atoms with E-state index in [1.807, 2.05) is 97.5 Å². The summed E-state index contributed by atoms with van der Waals surface area (Å²) in [7, 11) is 3.81. The first-order chi connectivity index (χ1) is 13.1. The van der Waals surface area contributed by atoms with E-state index in [0.29, 0.717) is 12.1 Å². The summed E-state index contributed by atoms with van der Waals surface area (Å²) in [5.74, 6) is 0.853. The minimum Gasteiger partial charge on any atom is -0.334 e. The maximum Gasteiger partial charge on any atom is 0.254 e. The van der Waals surface area contributed by atoms with Gasteiger partial charge in [0.2, 0.25) is 0 Å². The van der Waals surface area contributed by atoms with Crippen LogP contribution in [-0.4, -0.2) is 27.4 Å². The molecule has 0 radical (unpaired) electrons. The van der Waals surface area contributed by atoms with E-state index in [2.05, 4.69) is 4.98 Å². The number of carbonyl (C=O) groups excluding carboxylic acids is 1. The highest BCUT2D eigenvalue weighted by Crippen LogP contribution is 2.25. The molecule has 134 valence electrons. The molecule has 4 aromatic rings. The van der Waals surface area contributed by atoms with Crippen molar-refractivity contribution in [3.63, 3.8) is 0 Å². The summed E-state index contributed by atoms with van der Waals surface area (Å²) in [5, 5.41) is 0. The Morgan fingerprint density at radius 3 is 2.37 bits per heavy atom. The minimum absolute atomic E-state index is 0.0125. The number of imidazole rings is 1. The van der Waals surface area contributed by atoms with Gasteiger partial charge in [-0.3, -0.25) is 4.79 Å². The van der Waals surface area contributed by atoms with Crippen LogP contribution in [0.25, 0.3) is 22.2 Å². The molecular weight excluding hydrogens is 334 g/mol. The van der Waals surface area contributed by atoms with Gasteiger partial charge < -0.3 is 9.47 Å². The monoisotopic (exact) mass is 355 g/mol. The third-order valence-electron chi connectivity index (χ3n) is 4.85. The Morgan fingerprint density at radius 1 is 0.926 bits per heavy atom. The van der Waals surface area contributed by atoms with Gasteiger partial charge in [0.1, 0.15) is 5.82 Å². The lowest BCUT2D eigenvalue weighted by molar-refractivity contribution is 0.0781. The van der Waals surface area contributed by atoms with Crippen LogP contribution in [0.2, 0.25) is 0 Å². The van der Waals surface area contributed by atoms with Crippen molar-refractivity contribution in [2.24, 2.45) is 7.05 Å². The lowest BCUT2D eigenvalue weighted by atomic mass is 9.99. The Kier molecular flexibility index (Phi) is 4.47. The number of fused-ring (bicyclic) bond motifs is 1. The van der Waals surface area contributed by atoms with E-state index in [9.17, 15) is 4.79 Å². The Labute approximate surface area is 158 Å². The van der Waals surface area contributed by atoms with Gasteiger partial charge in [-0.15, -0.1) is 0 Å². The summed E-state index contributed by atoms with van der Waals surface area (Å²) in [4.78, 5) is 19.6. The molecule has 4 rings (SSSR count). The Bertz CT molecular complexity index is 1100. The normalized spacial score (nSPS) is 10.9. The molecule has 1 aromatic heterocycles. The van der Waals surface area contributed by atoms with Gasteiger partial charge in [-0.1, -0.05) is 60.7 Å². The van der Waals surface area contributed by atoms with Crippen LogP contribution < -0.4 is 0 Å². The molecule has 0 fully saturated rings. The zero-order valence-electron chi connectivity index (χ0n) is 15.5. The molecule has 0 aliphatic rings. The van der Waals surface area contributed by atoms with E-state index in [4.69, 9.17) is 0 Å². The second kappa shape index (κ2) is 7.08. The average molecular weight is 355 g/mol. The summed E-state index contributed by atoms with van der Waals surface area (Å²) < 4.78 is 2.04. The molecule has 0 saturated heterocycles. The number of nitrogens with zero attached hydrogens (tertiary/aromatic N) is 3. The topological polar surface area (TPSA) is 38.1 Å². The fraction of sp³-hybridized carbons (Fsp3) is 0.130. The third-order valence-corrected chi connectivity index (χ3v) is 4.85. The second-order valence-electron chi connectivity index (χ2n) is 6.65. The zero-order chi connectivity index (χ0) is 18.8. The molecule has 0 unspecified atom stereocenters. The van der Waals surface area contributed by atoms with Crippen LogP contribution in [0.4, 0.5) is 0 Å². The number of hydrogen-bond acceptors (Lipinski definition) is 2. The van der Waals surface area contributed by atoms with Crippen LogP contribution in [0.15, 0.2) is 78.9 Å². The molecule has 0 bridgehead atoms. The molecule has 0 saturated carbocycles. The number of hydrogen-bond donors (Lipinski definition) is 0. The summed E-state index contributed by atoms with van der Waals surface area (Å²) in [5.41, 5.74) is 4.70. The molecule has 27 heavy (non-hydrogen) atoms. The molecule has 0 atom stereocenters. The van der Waals surface area contributed by atoms with Gasteiger partial charge in [0, 0.05) is 19.7 Å². The molecule has 1 heterocycles. The van der Waals surface area contributed by atoms with Crippen LogP contribution in [-0.2, 0) is 13.6 Å². The van der Waals surface area contributed by atoms with Gasteiger partial charge in [-0.2, -0.15) is 0 Å². The summed E-state index contributed by atoms with van der Waals surface area (Å²) in [6.07, 6.45) is 0. The van der Waals surface area contributed by atoms with Crippen molar-refractivity contribution >= 4 is 16.9 Å². The quantitative estimate of drug-likeness (QED) is 0.540. The number of amides is 1. The summed E-state index contributed by atoms with van der Waals surface area (Å²) in [6.45, 7) is 0.452. The van der Waals surface area contributed by atoms with Gasteiger partial charge in [-0.05, 0) is 29.3 Å². The second-order valence-corrected chi connectivity index (χ2v) is 6.65. The van der Waals surface area contributed by atoms with Crippen molar-refractivity contribution < 1.29 is 4.79 Å². The molecule has 0 spiro atoms. The standard InChI is InChI=1S/C23H21N3O/c1-25(16-22-24-20-14-8-9-15-21(20)26(22)2)23(27)19-13-7-6-12-18(19)17-10-4-3-5-11-17/h3-15H,16H2,1-2H3. The maximum absolute atomic E-state index is 13.2. The summed E-state index contributed by atoms with van der Waals surface area (Å²) >= 11 is 0. The van der Waals surface area contributed by atoms with Crippen LogP contribution >= 0.6 is 0 Å². The SMILES string of the molecule is CN(Cc1nc2ccccc2n1C)C(=O)c1ccccc1-c1ccccc1. The van der Waals surface area contributed by atoms with E-state index in [1.165, 1.54) is 0 Å². The number of para-hydroxylation sites is 2. The first kappa shape index (κ1) is 17.0. The van der Waals surface area contributed by atoms with Gasteiger partial charge >= 0.3 is 0 Å². The number of aryl methyl sites for hydroxylation is 1. The van der Waals surface area contributed by atoms with Gasteiger partial charge in [0.25, 0.3) is 5.91 Å². The van der Waals surface area contributed by atoms with Crippen molar-refractivity contribution in [2.75, 3.05) is 7.05 Å². The lowest BCUT2D eigenvalue weighted by Crippen LogP contribution is -2.28. The first-order valence-corrected chi connectivity index (χ1v) is 8.95. The smallest absolute Gasteiger partial charge is 0.254 e. The fourth-order valence-electron chi connectivity index (χ4n) is 3.37. The van der Waals surface area contributed by atoms with Crippen molar-refractivity contribution in [3.05, 3.63) is 90.3 Å². The Hall–Kier alpha value is -3.40. The lowest BCUT2D eigenvalue weighted by Gasteiger charge is -2.19. The van der Waals surface area contributed by atoms with E-state index < -0.39 is 0 Å². The van der Waals surface area contributed by atoms with Gasteiger partial charge in [-0.25, -0.2) is 4.98 Å². The molecule has 4 nitrogen and oxygen atoms in total. The van der Waals surface area contributed by atoms with Crippen molar-refractivity contribution in [3.8, 4) is 11.1 Å². The van der Waals surface area contributed by atoms with Crippen molar-refractivity contribution in [1.29, 1.82) is 0 Å². The highest BCUT2D eigenvalue weighted by molar-refractivity contribution is 6.00. The molecular formula is C23H21N3O. The van der Waals surface area contributed by atoms with Crippen LogP contribution in [0.5, 0.6) is 0 Å². The minimum atomic E-state index is -0.0125. The van der Waals surface area contributed by atoms with Gasteiger partial charge in [0.05, 0.1) is 17.6 Å². The molecule has 4 heteroatoms. The van der Waals surface area contributed by atoms with Crippen LogP contribution in [0, 0.1) is 0 Å². The predicted molar refractivity (Wildman–Crippen MR) is 108 cm³/mol. The highest BCUT2D eigenvalue weighted by Gasteiger charge is 2.18. The van der Waals surface area contributed by atoms with E-state index >= 15 is 0 Å². The zero-order valence-corrected chi connectivity index (χ0v) is 15.5. The number of carbonyl (C=O) groups is 1. The average Bonchev–Trinajstić information content (AvgIpc) is 3.03. The third kappa shape index (κ3) is 3.22. The largest absolute Gasteiger partial charge is 0.334 e. The van der Waals surface area contributed by atoms with E-state index in [-0.39, 0.29) is 5.91 Å². The van der Waals surface area contributed by atoms with E-state index in [1.54, 1.807) is 4.90 Å². The number of aromatic nitrogens is 2. The predicted octanol–water partition coefficient (Wildman–Crippen LogP) is 4.51. The molecule has 0 aliphatic heterocycles. The van der Waals surface area contributed by atoms with Crippen LogP contribution in [0.3, 0.4) is 0 Å².